The molecule has 0 radical (unpaired) electrons. The number of anilines is 2. The summed E-state index contributed by atoms with van der Waals surface area (Å²) in [4.78, 5) is 27.4. The third-order valence-electron chi connectivity index (χ3n) is 5.19. The van der Waals surface area contributed by atoms with E-state index in [1.54, 1.807) is 47.1 Å². The van der Waals surface area contributed by atoms with Crippen molar-refractivity contribution >= 4 is 58.2 Å². The van der Waals surface area contributed by atoms with E-state index < -0.39 is 6.03 Å². The lowest BCUT2D eigenvalue weighted by molar-refractivity contribution is -0.117. The van der Waals surface area contributed by atoms with Crippen molar-refractivity contribution in [2.24, 2.45) is 0 Å². The molecule has 0 bridgehead atoms. The van der Waals surface area contributed by atoms with Crippen molar-refractivity contribution in [3.63, 3.8) is 0 Å². The highest BCUT2D eigenvalue weighted by Gasteiger charge is 2.24. The molecule has 0 atom stereocenters. The Morgan fingerprint density at radius 3 is 2.20 bits per heavy atom. The van der Waals surface area contributed by atoms with E-state index in [1.807, 2.05) is 40.7 Å². The molecule has 3 amide bonds. The van der Waals surface area contributed by atoms with Crippen LogP contribution in [0.15, 0.2) is 48.5 Å². The van der Waals surface area contributed by atoms with Crippen LogP contribution in [0.2, 0.25) is 15.1 Å². The second-order valence-electron chi connectivity index (χ2n) is 9.38. The van der Waals surface area contributed by atoms with Crippen LogP contribution in [0.4, 0.5) is 16.3 Å². The summed E-state index contributed by atoms with van der Waals surface area (Å²) in [6.45, 7) is 9.61. The molecule has 0 aliphatic rings. The molecule has 3 aromatic rings. The Bertz CT molecular complexity index is 1220. The summed E-state index contributed by atoms with van der Waals surface area (Å²) in [6.07, 6.45) is 0. The molecule has 1 heterocycles. The molecule has 0 saturated carbocycles. The van der Waals surface area contributed by atoms with Gasteiger partial charge in [0, 0.05) is 28.2 Å². The average Bonchev–Trinajstić information content (AvgIpc) is 3.19. The fourth-order valence-corrected chi connectivity index (χ4v) is 3.62. The van der Waals surface area contributed by atoms with Gasteiger partial charge in [-0.3, -0.25) is 4.79 Å². The highest BCUT2D eigenvalue weighted by molar-refractivity contribution is 6.42. The number of aromatic nitrogens is 2. The van der Waals surface area contributed by atoms with Gasteiger partial charge < -0.3 is 15.5 Å². The lowest BCUT2D eigenvalue weighted by Crippen LogP contribution is -2.44. The molecule has 10 heteroatoms. The fraction of sp³-hybridized carbons (Fsp3) is 0.320. The number of hydrogen-bond donors (Lipinski definition) is 2. The number of nitrogens with zero attached hydrogens (tertiary/aromatic N) is 3. The third-order valence-corrected chi connectivity index (χ3v) is 6.18. The van der Waals surface area contributed by atoms with E-state index in [4.69, 9.17) is 34.8 Å². The molecule has 0 unspecified atom stereocenters. The van der Waals surface area contributed by atoms with Crippen molar-refractivity contribution in [2.45, 2.75) is 46.1 Å². The predicted octanol–water partition coefficient (Wildman–Crippen LogP) is 7.01. The van der Waals surface area contributed by atoms with Crippen LogP contribution >= 0.6 is 34.8 Å². The first-order valence-electron chi connectivity index (χ1n) is 11.0. The van der Waals surface area contributed by atoms with Crippen molar-refractivity contribution in [2.75, 3.05) is 17.2 Å². The summed E-state index contributed by atoms with van der Waals surface area (Å²) < 4.78 is 1.61. The molecule has 2 N–H and O–H groups in total. The van der Waals surface area contributed by atoms with E-state index in [-0.39, 0.29) is 23.9 Å². The number of halogens is 3. The van der Waals surface area contributed by atoms with Gasteiger partial charge in [0.1, 0.15) is 12.4 Å². The van der Waals surface area contributed by atoms with Gasteiger partial charge in [-0.2, -0.15) is 5.10 Å². The lowest BCUT2D eigenvalue weighted by atomic mass is 9.92. The number of benzene rings is 2. The molecular weight excluding hydrogens is 509 g/mol. The second-order valence-corrected chi connectivity index (χ2v) is 10.6. The van der Waals surface area contributed by atoms with Gasteiger partial charge in [-0.25, -0.2) is 9.48 Å². The topological polar surface area (TPSA) is 79.3 Å². The van der Waals surface area contributed by atoms with Gasteiger partial charge in [-0.15, -0.1) is 0 Å². The minimum absolute atomic E-state index is 0.158. The first-order chi connectivity index (χ1) is 16.3. The van der Waals surface area contributed by atoms with Crippen molar-refractivity contribution in [1.82, 2.24) is 14.7 Å². The number of nitrogens with one attached hydrogen (secondary N) is 2. The summed E-state index contributed by atoms with van der Waals surface area (Å²) in [5.74, 6) is 0.0896. The molecule has 1 aromatic heterocycles. The van der Waals surface area contributed by atoms with Gasteiger partial charge in [0.05, 0.1) is 21.4 Å². The number of carbonyl (C=O) groups excluding carboxylic acids is 2. The maximum Gasteiger partial charge on any atom is 0.322 e. The van der Waals surface area contributed by atoms with Crippen LogP contribution in [0.3, 0.4) is 0 Å². The van der Waals surface area contributed by atoms with Crippen molar-refractivity contribution in [3.05, 3.63) is 69.3 Å². The molecule has 0 spiro atoms. The van der Waals surface area contributed by atoms with Crippen LogP contribution in [-0.4, -0.2) is 39.2 Å². The largest absolute Gasteiger partial charge is 0.322 e. The molecule has 186 valence electrons. The second kappa shape index (κ2) is 10.9. The molecular formula is C25H28Cl3N5O2. The molecule has 2 aromatic carbocycles. The number of urea groups is 1. The summed E-state index contributed by atoms with van der Waals surface area (Å²) in [5.41, 5.74) is 1.74. The Labute approximate surface area is 220 Å². The minimum Gasteiger partial charge on any atom is -0.313 e. The van der Waals surface area contributed by atoms with Gasteiger partial charge in [0.15, 0.2) is 0 Å². The highest BCUT2D eigenvalue weighted by atomic mass is 35.5. The van der Waals surface area contributed by atoms with Crippen LogP contribution in [0.1, 0.15) is 40.3 Å². The van der Waals surface area contributed by atoms with Crippen molar-refractivity contribution in [3.8, 4) is 5.69 Å². The first-order valence-corrected chi connectivity index (χ1v) is 12.2. The Balaban J connectivity index is 1.83. The van der Waals surface area contributed by atoms with E-state index >= 15 is 0 Å². The fourth-order valence-electron chi connectivity index (χ4n) is 3.20. The normalized spacial score (nSPS) is 11.5. The number of carbonyl (C=O) groups is 2. The summed E-state index contributed by atoms with van der Waals surface area (Å²) >= 11 is 18.2. The Morgan fingerprint density at radius 1 is 0.971 bits per heavy atom. The smallest absolute Gasteiger partial charge is 0.313 e. The van der Waals surface area contributed by atoms with Crippen molar-refractivity contribution in [1.29, 1.82) is 0 Å². The van der Waals surface area contributed by atoms with Crippen LogP contribution in [-0.2, 0) is 10.2 Å². The van der Waals surface area contributed by atoms with Gasteiger partial charge in [0.2, 0.25) is 5.91 Å². The van der Waals surface area contributed by atoms with Crippen molar-refractivity contribution < 1.29 is 9.59 Å². The maximum atomic E-state index is 13.1. The highest BCUT2D eigenvalue weighted by Crippen LogP contribution is 2.29. The maximum absolute atomic E-state index is 13.1. The number of rotatable bonds is 6. The molecule has 7 nitrogen and oxygen atoms in total. The summed E-state index contributed by atoms with van der Waals surface area (Å²) in [7, 11) is 0. The van der Waals surface area contributed by atoms with Crippen LogP contribution in [0.25, 0.3) is 5.69 Å². The SMILES string of the molecule is CC(C)N(CC(=O)Nc1cc(C(C)(C)C)nn1-c1ccc(Cl)c(Cl)c1)C(=O)Nc1ccc(Cl)cc1. The summed E-state index contributed by atoms with van der Waals surface area (Å²) in [6, 6.07) is 13.1. The van der Waals surface area contributed by atoms with Gasteiger partial charge in [-0.05, 0) is 56.3 Å². The quantitative estimate of drug-likeness (QED) is 0.355. The lowest BCUT2D eigenvalue weighted by Gasteiger charge is -2.26. The van der Waals surface area contributed by atoms with Gasteiger partial charge >= 0.3 is 6.03 Å². The Morgan fingerprint density at radius 2 is 1.63 bits per heavy atom. The molecule has 0 aliphatic carbocycles. The third kappa shape index (κ3) is 6.90. The monoisotopic (exact) mass is 535 g/mol. The predicted molar refractivity (Wildman–Crippen MR) is 143 cm³/mol. The van der Waals surface area contributed by atoms with E-state index in [9.17, 15) is 9.59 Å². The standard InChI is InChI=1S/C25H28Cl3N5O2/c1-15(2)32(24(35)29-17-8-6-16(26)7-9-17)14-23(34)30-22-13-21(25(3,4)5)31-33(22)18-10-11-19(27)20(28)12-18/h6-13,15H,14H2,1-5H3,(H,29,35)(H,30,34). The Hall–Kier alpha value is -2.74. The summed E-state index contributed by atoms with van der Waals surface area (Å²) in [5, 5.41) is 11.7. The molecule has 0 aliphatic heterocycles. The van der Waals surface area contributed by atoms with Gasteiger partial charge in [-0.1, -0.05) is 55.6 Å². The average molecular weight is 537 g/mol. The van der Waals surface area contributed by atoms with Crippen LogP contribution in [0, 0.1) is 0 Å². The van der Waals surface area contributed by atoms with E-state index in [2.05, 4.69) is 15.7 Å². The molecule has 35 heavy (non-hydrogen) atoms. The molecule has 3 rings (SSSR count). The van der Waals surface area contributed by atoms with Gasteiger partial charge in [0.25, 0.3) is 0 Å². The Kier molecular flexibility index (Phi) is 8.36. The van der Waals surface area contributed by atoms with Crippen LogP contribution < -0.4 is 10.6 Å². The molecule has 0 fully saturated rings. The zero-order valence-corrected chi connectivity index (χ0v) is 22.5. The zero-order valence-electron chi connectivity index (χ0n) is 20.2. The van der Waals surface area contributed by atoms with E-state index in [0.717, 1.165) is 5.69 Å². The van der Waals surface area contributed by atoms with E-state index in [0.29, 0.717) is 32.3 Å². The minimum atomic E-state index is -0.397. The van der Waals surface area contributed by atoms with Crippen LogP contribution in [0.5, 0.6) is 0 Å². The first kappa shape index (κ1) is 26.9. The zero-order chi connectivity index (χ0) is 25.9. The number of amides is 3. The number of hydrogen-bond acceptors (Lipinski definition) is 3. The van der Waals surface area contributed by atoms with E-state index in [1.165, 1.54) is 4.90 Å². The molecule has 0 saturated heterocycles.